The molecule has 4 rings (SSSR count). The van der Waals surface area contributed by atoms with Crippen molar-refractivity contribution < 1.29 is 47.5 Å². The topological polar surface area (TPSA) is 0 Å². The van der Waals surface area contributed by atoms with Crippen LogP contribution in [0.4, 0.5) is 0 Å². The summed E-state index contributed by atoms with van der Waals surface area (Å²) in [6, 6.07) is 9.44. The Morgan fingerprint density at radius 2 is 2.09 bits per heavy atom. The number of hydrogen-bond donors (Lipinski definition) is 0. The first kappa shape index (κ1) is 22.7. The van der Waals surface area contributed by atoms with E-state index in [0.29, 0.717) is 4.16 Å². The molecule has 0 fully saturated rings. The van der Waals surface area contributed by atoms with Gasteiger partial charge in [0, 0.05) is 0 Å². The van der Waals surface area contributed by atoms with Gasteiger partial charge in [0.25, 0.3) is 0 Å². The molecule has 1 heterocycles. The fraction of sp³-hybridized carbons (Fsp3) is 0.125. The Morgan fingerprint density at radius 1 is 1.32 bits per heavy atom. The van der Waals surface area contributed by atoms with Gasteiger partial charge in [-0.3, -0.25) is 6.08 Å². The number of benzene rings is 1. The van der Waals surface area contributed by atoms with Gasteiger partial charge in [0.2, 0.25) is 0 Å². The number of alkyl halides is 1. The molecular weight excluding hydrogens is 498 g/mol. The summed E-state index contributed by atoms with van der Waals surface area (Å²) in [7, 11) is 4.17. The molecule has 0 amide bonds. The van der Waals surface area contributed by atoms with Crippen molar-refractivity contribution in [2.75, 3.05) is 0 Å². The van der Waals surface area contributed by atoms with Crippen molar-refractivity contribution in [3.8, 4) is 0 Å². The normalized spacial score (nSPS) is 18.2. The molecule has 6 heteroatoms. The molecule has 2 aliphatic carbocycles. The van der Waals surface area contributed by atoms with Crippen molar-refractivity contribution in [3.05, 3.63) is 70.7 Å². The molecule has 114 valence electrons. The number of fused-ring (bicyclic) bond motifs is 3. The van der Waals surface area contributed by atoms with Gasteiger partial charge in [0.15, 0.2) is 0 Å². The maximum absolute atomic E-state index is 4.17. The fourth-order valence-corrected chi connectivity index (χ4v) is 3.84. The van der Waals surface area contributed by atoms with Crippen molar-refractivity contribution in [3.63, 3.8) is 0 Å². The second-order valence-electron chi connectivity index (χ2n) is 4.06. The van der Waals surface area contributed by atoms with Crippen LogP contribution in [0.25, 0.3) is 11.6 Å². The molecule has 0 saturated heterocycles. The summed E-state index contributed by atoms with van der Waals surface area (Å²) in [5, 5.41) is 0. The fourth-order valence-electron chi connectivity index (χ4n) is 2.04. The number of rotatable bonds is 0. The first-order chi connectivity index (χ1) is 9.84. The van der Waals surface area contributed by atoms with Gasteiger partial charge in [0.05, 0.1) is 4.16 Å². The SMILES string of the molecule is BrC1C=C2C(=Cc3ccc[c-]c32)S1.[C-]1=CC=CC1.[Cl-].[Cl-].[S]=[Zr+2]. The third kappa shape index (κ3) is 5.96. The molecule has 1 aromatic rings. The van der Waals surface area contributed by atoms with Crippen LogP contribution in [0.1, 0.15) is 17.5 Å². The summed E-state index contributed by atoms with van der Waals surface area (Å²) in [4.78, 5) is 1.37. The number of halogens is 3. The average molecular weight is 509 g/mol. The first-order valence-electron chi connectivity index (χ1n) is 6.02. The monoisotopic (exact) mass is 506 g/mol. The van der Waals surface area contributed by atoms with Gasteiger partial charge >= 0.3 is 31.5 Å². The standard InChI is InChI=1S/C11H6BrS.C5H5.2ClH.S.Zr/c12-11-6-9-8-4-2-1-3-7(8)5-10(9)13-11;1-2-4-5-3-1;;;;/h1-3,5-6,11H;1-3H,4H2;2*1H;;/q2*-1;;;;+2/p-2. The zero-order valence-corrected chi connectivity index (χ0v) is 18.5. The molecule has 1 atom stereocenters. The van der Waals surface area contributed by atoms with Gasteiger partial charge in [-0.25, -0.2) is 12.2 Å². The third-order valence-electron chi connectivity index (χ3n) is 2.83. The Bertz CT molecular complexity index is 602. The minimum atomic E-state index is 0. The Morgan fingerprint density at radius 3 is 2.68 bits per heavy atom. The zero-order valence-electron chi connectivity index (χ0n) is 11.4. The van der Waals surface area contributed by atoms with Gasteiger partial charge in [-0.15, -0.1) is 53.6 Å². The second-order valence-corrected chi connectivity index (χ2v) is 6.84. The molecular formula is C16H11BrCl2S2Zr-2. The molecule has 3 aliphatic rings. The summed E-state index contributed by atoms with van der Waals surface area (Å²) in [6.45, 7) is 0. The van der Waals surface area contributed by atoms with E-state index in [9.17, 15) is 0 Å². The molecule has 0 spiro atoms. The van der Waals surface area contributed by atoms with Gasteiger partial charge < -0.3 is 24.8 Å². The van der Waals surface area contributed by atoms with E-state index in [-0.39, 0.29) is 24.8 Å². The first-order valence-corrected chi connectivity index (χ1v) is 11.2. The van der Waals surface area contributed by atoms with E-state index in [4.69, 9.17) is 0 Å². The van der Waals surface area contributed by atoms with E-state index in [0.717, 1.165) is 29.1 Å². The number of allylic oxidation sites excluding steroid dienone is 5. The van der Waals surface area contributed by atoms with Crippen molar-refractivity contribution in [1.29, 1.82) is 0 Å². The summed E-state index contributed by atoms with van der Waals surface area (Å²) < 4.78 is 0.440. The van der Waals surface area contributed by atoms with Gasteiger partial charge in [-0.1, -0.05) is 33.7 Å². The van der Waals surface area contributed by atoms with Gasteiger partial charge in [-0.2, -0.15) is 6.08 Å². The summed E-state index contributed by atoms with van der Waals surface area (Å²) in [6.07, 6.45) is 14.5. The molecule has 0 aromatic heterocycles. The summed E-state index contributed by atoms with van der Waals surface area (Å²) in [5.41, 5.74) is 3.91. The Labute approximate surface area is 175 Å². The predicted octanol–water partition coefficient (Wildman–Crippen LogP) is -0.348. The number of thioether (sulfide) groups is 1. The summed E-state index contributed by atoms with van der Waals surface area (Å²) >= 11 is 6.57. The summed E-state index contributed by atoms with van der Waals surface area (Å²) in [5.74, 6) is 0. The zero-order chi connectivity index (χ0) is 14.4. The Kier molecular flexibility index (Phi) is 12.5. The van der Waals surface area contributed by atoms with Crippen molar-refractivity contribution >= 4 is 48.2 Å². The molecule has 0 radical (unpaired) electrons. The van der Waals surface area contributed by atoms with E-state index >= 15 is 0 Å². The Hall–Kier alpha value is 0.693. The molecule has 0 saturated carbocycles. The van der Waals surface area contributed by atoms with Crippen LogP contribution < -0.4 is 24.8 Å². The molecule has 0 bridgehead atoms. The van der Waals surface area contributed by atoms with Crippen molar-refractivity contribution in [2.24, 2.45) is 0 Å². The van der Waals surface area contributed by atoms with Crippen LogP contribution in [-0.2, 0) is 22.7 Å². The second kappa shape index (κ2) is 12.1. The maximum atomic E-state index is 4.17. The van der Waals surface area contributed by atoms with E-state index in [1.165, 1.54) is 21.6 Å². The van der Waals surface area contributed by atoms with Crippen LogP contribution in [0.5, 0.6) is 0 Å². The van der Waals surface area contributed by atoms with Crippen molar-refractivity contribution in [2.45, 2.75) is 10.6 Å². The molecule has 1 aromatic carbocycles. The van der Waals surface area contributed by atoms with Crippen molar-refractivity contribution in [1.82, 2.24) is 0 Å². The van der Waals surface area contributed by atoms with Crippen LogP contribution in [0.2, 0.25) is 0 Å². The van der Waals surface area contributed by atoms with Crippen LogP contribution in [0.15, 0.2) is 47.4 Å². The molecule has 22 heavy (non-hydrogen) atoms. The number of hydrogen-bond acceptors (Lipinski definition) is 2. The third-order valence-corrected chi connectivity index (χ3v) is 4.61. The van der Waals surface area contributed by atoms with Crippen LogP contribution in [0.3, 0.4) is 0 Å². The Balaban J connectivity index is 0.000000422. The quantitative estimate of drug-likeness (QED) is 0.347. The van der Waals surface area contributed by atoms with E-state index in [1.54, 1.807) is 0 Å². The molecule has 0 nitrogen and oxygen atoms in total. The predicted molar refractivity (Wildman–Crippen MR) is 90.7 cm³/mol. The van der Waals surface area contributed by atoms with Crippen LogP contribution in [-0.4, -0.2) is 4.16 Å². The van der Waals surface area contributed by atoms with Crippen LogP contribution in [0, 0.1) is 12.1 Å². The van der Waals surface area contributed by atoms with Gasteiger partial charge in [-0.05, 0) is 4.91 Å². The average Bonchev–Trinajstić information content (AvgIpc) is 3.18. The van der Waals surface area contributed by atoms with Gasteiger partial charge in [0.1, 0.15) is 0 Å². The molecule has 1 aliphatic heterocycles. The van der Waals surface area contributed by atoms with E-state index in [2.05, 4.69) is 61.2 Å². The molecule has 1 unspecified atom stereocenters. The van der Waals surface area contributed by atoms with E-state index < -0.39 is 0 Å². The molecule has 0 N–H and O–H groups in total. The van der Waals surface area contributed by atoms with E-state index in [1.807, 2.05) is 36.0 Å². The minimum absolute atomic E-state index is 0. The van der Waals surface area contributed by atoms with Crippen LogP contribution >= 0.6 is 36.5 Å².